The second kappa shape index (κ2) is 6.74. The van der Waals surface area contributed by atoms with Gasteiger partial charge in [0.2, 0.25) is 0 Å². The molecule has 0 aliphatic rings. The van der Waals surface area contributed by atoms with Crippen molar-refractivity contribution in [3.63, 3.8) is 0 Å². The van der Waals surface area contributed by atoms with Gasteiger partial charge < -0.3 is 9.26 Å². The topological polar surface area (TPSA) is 55.6 Å². The number of aryl methyl sites for hydroxylation is 1. The van der Waals surface area contributed by atoms with Crippen LogP contribution in [0.15, 0.2) is 34.9 Å². The molecule has 0 bridgehead atoms. The van der Waals surface area contributed by atoms with Crippen LogP contribution in [0.25, 0.3) is 0 Å². The number of hydrogen-bond acceptors (Lipinski definition) is 5. The summed E-state index contributed by atoms with van der Waals surface area (Å²) in [5.41, 5.74) is 1.45. The zero-order chi connectivity index (χ0) is 15.4. The summed E-state index contributed by atoms with van der Waals surface area (Å²) in [6.07, 6.45) is 0. The maximum atomic E-state index is 12.1. The van der Waals surface area contributed by atoms with Crippen LogP contribution in [0.4, 0.5) is 0 Å². The normalized spacial score (nSPS) is 12.4. The first-order valence-corrected chi connectivity index (χ1v) is 6.85. The third kappa shape index (κ3) is 3.62. The molecule has 0 fully saturated rings. The van der Waals surface area contributed by atoms with Crippen molar-refractivity contribution in [3.8, 4) is 0 Å². The minimum absolute atomic E-state index is 0.370. The Hall–Kier alpha value is -1.85. The molecule has 1 heterocycles. The van der Waals surface area contributed by atoms with Crippen molar-refractivity contribution in [2.45, 2.75) is 19.5 Å². The Bertz CT molecular complexity index is 627. The van der Waals surface area contributed by atoms with Crippen LogP contribution in [0, 0.1) is 6.92 Å². The summed E-state index contributed by atoms with van der Waals surface area (Å²) in [6.45, 7) is 2.27. The summed E-state index contributed by atoms with van der Waals surface area (Å²) < 4.78 is 9.95. The number of likely N-dealkylation sites (N-methyl/N-ethyl adjacent to an activating group) is 1. The Morgan fingerprint density at radius 1 is 1.48 bits per heavy atom. The lowest BCUT2D eigenvalue weighted by Gasteiger charge is -2.26. The lowest BCUT2D eigenvalue weighted by molar-refractivity contribution is -0.147. The van der Waals surface area contributed by atoms with Crippen LogP contribution in [-0.2, 0) is 16.1 Å². The summed E-state index contributed by atoms with van der Waals surface area (Å²) in [6, 6.07) is 8.46. The van der Waals surface area contributed by atoms with Gasteiger partial charge in [-0.1, -0.05) is 35.0 Å². The van der Waals surface area contributed by atoms with Crippen molar-refractivity contribution in [3.05, 3.63) is 52.4 Å². The fraction of sp³-hybridized carbons (Fsp3) is 0.333. The lowest BCUT2D eigenvalue weighted by Crippen LogP contribution is -2.31. The number of carbonyl (C=O) groups is 1. The van der Waals surface area contributed by atoms with Gasteiger partial charge in [-0.05, 0) is 25.6 Å². The van der Waals surface area contributed by atoms with Gasteiger partial charge in [0.15, 0.2) is 0 Å². The molecule has 0 spiro atoms. The van der Waals surface area contributed by atoms with E-state index in [1.54, 1.807) is 6.07 Å². The first-order valence-electron chi connectivity index (χ1n) is 6.47. The van der Waals surface area contributed by atoms with Gasteiger partial charge in [-0.25, -0.2) is 4.79 Å². The maximum absolute atomic E-state index is 12.1. The highest BCUT2D eigenvalue weighted by Gasteiger charge is 2.28. The van der Waals surface area contributed by atoms with Crippen molar-refractivity contribution >= 4 is 17.6 Å². The fourth-order valence-electron chi connectivity index (χ4n) is 2.19. The highest BCUT2D eigenvalue weighted by Crippen LogP contribution is 2.28. The Labute approximate surface area is 128 Å². The average molecular weight is 309 g/mol. The molecule has 0 saturated carbocycles. The molecule has 1 aromatic carbocycles. The second-order valence-electron chi connectivity index (χ2n) is 4.79. The number of esters is 1. The van der Waals surface area contributed by atoms with Crippen LogP contribution in [-0.4, -0.2) is 30.2 Å². The van der Waals surface area contributed by atoms with E-state index in [1.807, 2.05) is 43.1 Å². The molecule has 6 heteroatoms. The van der Waals surface area contributed by atoms with E-state index in [-0.39, 0.29) is 5.97 Å². The zero-order valence-electron chi connectivity index (χ0n) is 12.2. The average Bonchev–Trinajstić information content (AvgIpc) is 2.86. The Balaban J connectivity index is 2.28. The molecular weight excluding hydrogens is 292 g/mol. The summed E-state index contributed by atoms with van der Waals surface area (Å²) in [4.78, 5) is 14.0. The number of ether oxygens (including phenoxy) is 1. The number of nitrogens with zero attached hydrogens (tertiary/aromatic N) is 2. The molecule has 0 N–H and O–H groups in total. The van der Waals surface area contributed by atoms with E-state index in [0.717, 1.165) is 11.5 Å². The molecule has 1 atom stereocenters. The van der Waals surface area contributed by atoms with Crippen molar-refractivity contribution in [1.82, 2.24) is 10.1 Å². The SMILES string of the molecule is COC(=O)C(c1ccccc1Cl)N(C)Cc1cc(C)on1. The van der Waals surface area contributed by atoms with E-state index >= 15 is 0 Å². The molecule has 1 aromatic heterocycles. The van der Waals surface area contributed by atoms with E-state index in [4.69, 9.17) is 20.9 Å². The second-order valence-corrected chi connectivity index (χ2v) is 5.20. The number of halogens is 1. The Morgan fingerprint density at radius 2 is 2.19 bits per heavy atom. The number of carbonyl (C=O) groups excluding carboxylic acids is 1. The summed E-state index contributed by atoms with van der Waals surface area (Å²) in [5.74, 6) is 0.358. The zero-order valence-corrected chi connectivity index (χ0v) is 12.9. The number of methoxy groups -OCH3 is 1. The molecule has 2 aromatic rings. The van der Waals surface area contributed by atoms with E-state index in [0.29, 0.717) is 17.1 Å². The van der Waals surface area contributed by atoms with Crippen LogP contribution in [0.1, 0.15) is 23.1 Å². The van der Waals surface area contributed by atoms with Gasteiger partial charge in [0.05, 0.1) is 12.8 Å². The molecule has 0 aliphatic heterocycles. The molecule has 2 rings (SSSR count). The fourth-order valence-corrected chi connectivity index (χ4v) is 2.43. The van der Waals surface area contributed by atoms with E-state index in [1.165, 1.54) is 7.11 Å². The molecule has 0 aliphatic carbocycles. The van der Waals surface area contributed by atoms with Crippen LogP contribution in [0.3, 0.4) is 0 Å². The van der Waals surface area contributed by atoms with Crippen molar-refractivity contribution < 1.29 is 14.1 Å². The standard InChI is InChI=1S/C15H17ClN2O3/c1-10-8-11(17-21-10)9-18(2)14(15(19)20-3)12-6-4-5-7-13(12)16/h4-8,14H,9H2,1-3H3. The van der Waals surface area contributed by atoms with Gasteiger partial charge in [0.25, 0.3) is 0 Å². The highest BCUT2D eigenvalue weighted by molar-refractivity contribution is 6.31. The lowest BCUT2D eigenvalue weighted by atomic mass is 10.1. The highest BCUT2D eigenvalue weighted by atomic mass is 35.5. The number of rotatable bonds is 5. The minimum atomic E-state index is -0.597. The van der Waals surface area contributed by atoms with E-state index in [2.05, 4.69) is 5.16 Å². The first-order chi connectivity index (χ1) is 10.0. The van der Waals surface area contributed by atoms with Crippen molar-refractivity contribution in [2.75, 3.05) is 14.2 Å². The smallest absolute Gasteiger partial charge is 0.327 e. The van der Waals surface area contributed by atoms with Crippen molar-refractivity contribution in [2.24, 2.45) is 0 Å². The monoisotopic (exact) mass is 308 g/mol. The summed E-state index contributed by atoms with van der Waals surface area (Å²) >= 11 is 6.20. The third-order valence-corrected chi connectivity index (χ3v) is 3.50. The molecule has 112 valence electrons. The molecule has 0 saturated heterocycles. The molecule has 5 nitrogen and oxygen atoms in total. The van der Waals surface area contributed by atoms with Gasteiger partial charge in [0, 0.05) is 17.6 Å². The van der Waals surface area contributed by atoms with E-state index < -0.39 is 6.04 Å². The van der Waals surface area contributed by atoms with Crippen LogP contribution >= 0.6 is 11.6 Å². The van der Waals surface area contributed by atoms with Crippen LogP contribution in [0.2, 0.25) is 5.02 Å². The predicted molar refractivity (Wildman–Crippen MR) is 78.9 cm³/mol. The molecule has 0 radical (unpaired) electrons. The van der Waals surface area contributed by atoms with Crippen LogP contribution in [0.5, 0.6) is 0 Å². The van der Waals surface area contributed by atoms with Gasteiger partial charge in [-0.15, -0.1) is 0 Å². The summed E-state index contributed by atoms with van der Waals surface area (Å²) in [5, 5.41) is 4.46. The minimum Gasteiger partial charge on any atom is -0.468 e. The molecule has 1 unspecified atom stereocenters. The van der Waals surface area contributed by atoms with Crippen molar-refractivity contribution in [1.29, 1.82) is 0 Å². The van der Waals surface area contributed by atoms with Gasteiger partial charge >= 0.3 is 5.97 Å². The number of hydrogen-bond donors (Lipinski definition) is 0. The summed E-state index contributed by atoms with van der Waals surface area (Å²) in [7, 11) is 3.18. The molecule has 21 heavy (non-hydrogen) atoms. The predicted octanol–water partition coefficient (Wildman–Crippen LogP) is 2.98. The molecular formula is C15H17ClN2O3. The van der Waals surface area contributed by atoms with Gasteiger partial charge in [-0.2, -0.15) is 0 Å². The van der Waals surface area contributed by atoms with Gasteiger partial charge in [0.1, 0.15) is 11.8 Å². The Morgan fingerprint density at radius 3 is 2.76 bits per heavy atom. The quantitative estimate of drug-likeness (QED) is 0.795. The number of aromatic nitrogens is 1. The Kier molecular flexibility index (Phi) is 4.98. The number of benzene rings is 1. The van der Waals surface area contributed by atoms with Gasteiger partial charge in [-0.3, -0.25) is 4.90 Å². The molecule has 0 amide bonds. The first kappa shape index (κ1) is 15.5. The largest absolute Gasteiger partial charge is 0.468 e. The third-order valence-electron chi connectivity index (χ3n) is 3.15. The van der Waals surface area contributed by atoms with E-state index in [9.17, 15) is 4.79 Å². The van der Waals surface area contributed by atoms with Crippen LogP contribution < -0.4 is 0 Å². The maximum Gasteiger partial charge on any atom is 0.327 e.